The first kappa shape index (κ1) is 15.3. The molecule has 0 spiro atoms. The van der Waals surface area contributed by atoms with Crippen LogP contribution in [-0.4, -0.2) is 25.2 Å². The van der Waals surface area contributed by atoms with Crippen LogP contribution >= 0.6 is 22.9 Å². The summed E-state index contributed by atoms with van der Waals surface area (Å²) in [6, 6.07) is 5.69. The van der Waals surface area contributed by atoms with E-state index in [9.17, 15) is 0 Å². The van der Waals surface area contributed by atoms with Crippen molar-refractivity contribution in [1.82, 2.24) is 10.3 Å². The van der Waals surface area contributed by atoms with E-state index in [0.29, 0.717) is 24.8 Å². The van der Waals surface area contributed by atoms with Crippen LogP contribution < -0.4 is 10.1 Å². The van der Waals surface area contributed by atoms with Gasteiger partial charge in [0.1, 0.15) is 12.4 Å². The van der Waals surface area contributed by atoms with Crippen molar-refractivity contribution in [2.45, 2.75) is 13.2 Å². The first-order valence-corrected chi connectivity index (χ1v) is 7.54. The fourth-order valence-electron chi connectivity index (χ4n) is 1.70. The summed E-state index contributed by atoms with van der Waals surface area (Å²) in [4.78, 5) is 5.12. The van der Waals surface area contributed by atoms with Gasteiger partial charge in [-0.05, 0) is 12.1 Å². The Kier molecular flexibility index (Phi) is 6.26. The number of rotatable bonds is 8. The van der Waals surface area contributed by atoms with Crippen molar-refractivity contribution in [2.75, 3.05) is 20.3 Å². The van der Waals surface area contributed by atoms with E-state index in [0.717, 1.165) is 22.7 Å². The van der Waals surface area contributed by atoms with Crippen LogP contribution in [0.25, 0.3) is 0 Å². The van der Waals surface area contributed by atoms with Crippen LogP contribution in [-0.2, 0) is 17.9 Å². The van der Waals surface area contributed by atoms with Gasteiger partial charge in [0.05, 0.1) is 17.0 Å². The molecule has 108 valence electrons. The molecule has 2 rings (SSSR count). The summed E-state index contributed by atoms with van der Waals surface area (Å²) in [6.45, 7) is 2.61. The van der Waals surface area contributed by atoms with Crippen molar-refractivity contribution < 1.29 is 9.47 Å². The molecule has 0 saturated heterocycles. The number of nitrogens with zero attached hydrogens (tertiary/aromatic N) is 1. The first-order valence-electron chi connectivity index (χ1n) is 6.28. The molecule has 0 saturated carbocycles. The molecule has 0 unspecified atom stereocenters. The number of nitrogens with one attached hydrogen (secondary N) is 1. The summed E-state index contributed by atoms with van der Waals surface area (Å²) >= 11 is 7.82. The summed E-state index contributed by atoms with van der Waals surface area (Å²) in [5, 5.41) is 3.98. The number of ether oxygens (including phenoxy) is 2. The fraction of sp³-hybridized carbons (Fsp3) is 0.357. The Balaban J connectivity index is 1.98. The molecule has 1 aromatic carbocycles. The molecule has 0 aliphatic carbocycles. The lowest BCUT2D eigenvalue weighted by Crippen LogP contribution is -2.19. The molecule has 4 nitrogen and oxygen atoms in total. The Morgan fingerprint density at radius 1 is 1.40 bits per heavy atom. The number of benzene rings is 1. The monoisotopic (exact) mass is 312 g/mol. The van der Waals surface area contributed by atoms with Gasteiger partial charge in [0.15, 0.2) is 0 Å². The predicted molar refractivity (Wildman–Crippen MR) is 81.5 cm³/mol. The lowest BCUT2D eigenvalue weighted by atomic mass is 10.2. The van der Waals surface area contributed by atoms with Gasteiger partial charge in [-0.3, -0.25) is 4.98 Å². The van der Waals surface area contributed by atoms with Crippen molar-refractivity contribution in [2.24, 2.45) is 0 Å². The van der Waals surface area contributed by atoms with Crippen molar-refractivity contribution in [3.05, 3.63) is 45.4 Å². The molecule has 0 atom stereocenters. The van der Waals surface area contributed by atoms with Crippen molar-refractivity contribution >= 4 is 22.9 Å². The van der Waals surface area contributed by atoms with Gasteiger partial charge in [0.25, 0.3) is 0 Å². The Labute approximate surface area is 127 Å². The summed E-state index contributed by atoms with van der Waals surface area (Å²) in [6.07, 6.45) is 1.81. The average molecular weight is 313 g/mol. The minimum atomic E-state index is 0.510. The molecule has 0 fully saturated rings. The van der Waals surface area contributed by atoms with E-state index in [2.05, 4.69) is 10.3 Å². The van der Waals surface area contributed by atoms with Crippen LogP contribution in [0.15, 0.2) is 29.9 Å². The molecule has 0 amide bonds. The highest BCUT2D eigenvalue weighted by atomic mass is 35.5. The van der Waals surface area contributed by atoms with Gasteiger partial charge in [-0.25, -0.2) is 0 Å². The number of aromatic nitrogens is 1. The number of thiazole rings is 1. The van der Waals surface area contributed by atoms with Crippen LogP contribution in [0.5, 0.6) is 5.75 Å². The van der Waals surface area contributed by atoms with Crippen molar-refractivity contribution in [3.8, 4) is 5.75 Å². The topological polar surface area (TPSA) is 43.4 Å². The Hall–Kier alpha value is -1.14. The Bertz CT molecular complexity index is 520. The highest BCUT2D eigenvalue weighted by Crippen LogP contribution is 2.27. The summed E-state index contributed by atoms with van der Waals surface area (Å²) in [5.74, 6) is 0.802. The van der Waals surface area contributed by atoms with Crippen LogP contribution in [0.3, 0.4) is 0 Å². The maximum atomic E-state index is 6.24. The molecule has 0 aliphatic heterocycles. The quantitative estimate of drug-likeness (QED) is 0.761. The van der Waals surface area contributed by atoms with Gasteiger partial charge < -0.3 is 14.8 Å². The molecule has 2 aromatic rings. The molecule has 0 aliphatic rings. The second-order valence-corrected chi connectivity index (χ2v) is 5.52. The van der Waals surface area contributed by atoms with E-state index in [1.54, 1.807) is 24.0 Å². The van der Waals surface area contributed by atoms with Gasteiger partial charge >= 0.3 is 0 Å². The highest BCUT2D eigenvalue weighted by Gasteiger charge is 2.08. The van der Waals surface area contributed by atoms with Crippen molar-refractivity contribution in [1.29, 1.82) is 0 Å². The Morgan fingerprint density at radius 3 is 3.05 bits per heavy atom. The second kappa shape index (κ2) is 8.21. The fourth-order valence-corrected chi connectivity index (χ4v) is 2.43. The highest BCUT2D eigenvalue weighted by molar-refractivity contribution is 7.09. The smallest absolute Gasteiger partial charge is 0.125 e. The van der Waals surface area contributed by atoms with Gasteiger partial charge in [-0.2, -0.15) is 0 Å². The molecular formula is C14H17ClN2O2S. The maximum Gasteiger partial charge on any atom is 0.125 e. The molecule has 20 heavy (non-hydrogen) atoms. The van der Waals surface area contributed by atoms with Gasteiger partial charge in [0.2, 0.25) is 0 Å². The van der Waals surface area contributed by atoms with E-state index in [4.69, 9.17) is 21.1 Å². The normalized spacial score (nSPS) is 10.7. The molecule has 0 bridgehead atoms. The minimum absolute atomic E-state index is 0.510. The Morgan fingerprint density at radius 2 is 2.30 bits per heavy atom. The number of hydrogen-bond acceptors (Lipinski definition) is 5. The van der Waals surface area contributed by atoms with E-state index in [-0.39, 0.29) is 0 Å². The molecule has 0 radical (unpaired) electrons. The van der Waals surface area contributed by atoms with Crippen LogP contribution in [0.2, 0.25) is 5.02 Å². The van der Waals surface area contributed by atoms with E-state index in [1.165, 1.54) is 0 Å². The summed E-state index contributed by atoms with van der Waals surface area (Å²) in [5.41, 5.74) is 2.76. The largest absolute Gasteiger partial charge is 0.488 e. The molecule has 6 heteroatoms. The van der Waals surface area contributed by atoms with E-state index in [1.807, 2.05) is 24.4 Å². The van der Waals surface area contributed by atoms with Crippen molar-refractivity contribution in [3.63, 3.8) is 0 Å². The third-order valence-electron chi connectivity index (χ3n) is 2.71. The zero-order chi connectivity index (χ0) is 14.2. The van der Waals surface area contributed by atoms with Crippen LogP contribution in [0.4, 0.5) is 0 Å². The molecule has 1 N–H and O–H groups in total. The maximum absolute atomic E-state index is 6.24. The van der Waals surface area contributed by atoms with Crippen LogP contribution in [0.1, 0.15) is 10.4 Å². The number of hydrogen-bond donors (Lipinski definition) is 1. The summed E-state index contributed by atoms with van der Waals surface area (Å²) in [7, 11) is 1.68. The lowest BCUT2D eigenvalue weighted by Gasteiger charge is -2.13. The van der Waals surface area contributed by atoms with Crippen LogP contribution in [0, 0.1) is 0 Å². The SMILES string of the molecule is COCCNCc1c(Cl)cccc1OCc1cncs1. The summed E-state index contributed by atoms with van der Waals surface area (Å²) < 4.78 is 10.8. The number of methoxy groups -OCH3 is 1. The third-order valence-corrected chi connectivity index (χ3v) is 3.82. The molecular weight excluding hydrogens is 296 g/mol. The van der Waals surface area contributed by atoms with Gasteiger partial charge in [0, 0.05) is 37.0 Å². The molecule has 1 heterocycles. The molecule has 1 aromatic heterocycles. The average Bonchev–Trinajstić information content (AvgIpc) is 2.96. The zero-order valence-corrected chi connectivity index (χ0v) is 12.8. The second-order valence-electron chi connectivity index (χ2n) is 4.14. The third kappa shape index (κ3) is 4.45. The lowest BCUT2D eigenvalue weighted by molar-refractivity contribution is 0.199. The minimum Gasteiger partial charge on any atom is -0.488 e. The van der Waals surface area contributed by atoms with E-state index < -0.39 is 0 Å². The standard InChI is InChI=1S/C14H17ClN2O2S/c1-18-6-5-16-8-12-13(15)3-2-4-14(12)19-9-11-7-17-10-20-11/h2-4,7,10,16H,5-6,8-9H2,1H3. The van der Waals surface area contributed by atoms with E-state index >= 15 is 0 Å². The number of halogens is 1. The predicted octanol–water partition coefficient (Wildman–Crippen LogP) is 3.11. The first-order chi connectivity index (χ1) is 9.81. The van der Waals surface area contributed by atoms with Gasteiger partial charge in [-0.15, -0.1) is 11.3 Å². The van der Waals surface area contributed by atoms with Gasteiger partial charge in [-0.1, -0.05) is 17.7 Å². The zero-order valence-electron chi connectivity index (χ0n) is 11.3.